The lowest BCUT2D eigenvalue weighted by Crippen LogP contribution is -2.41. The minimum atomic E-state index is -0.734. The molecule has 0 aromatic heterocycles. The Morgan fingerprint density at radius 3 is 1.47 bits per heavy atom. The molecule has 0 aromatic rings. The van der Waals surface area contributed by atoms with Gasteiger partial charge in [-0.25, -0.2) is 4.79 Å². The Bertz CT molecular complexity index is 637. The predicted octanol–water partition coefficient (Wildman–Crippen LogP) is 3.45. The van der Waals surface area contributed by atoms with Crippen molar-refractivity contribution >= 4 is 18.0 Å². The van der Waals surface area contributed by atoms with Gasteiger partial charge in [0.15, 0.2) is 0 Å². The van der Waals surface area contributed by atoms with Crippen LogP contribution < -0.4 is 0 Å². The van der Waals surface area contributed by atoms with Crippen molar-refractivity contribution in [2.75, 3.05) is 46.1 Å². The van der Waals surface area contributed by atoms with E-state index < -0.39 is 18.0 Å². The molecule has 0 aliphatic heterocycles. The van der Waals surface area contributed by atoms with Crippen molar-refractivity contribution in [3.63, 3.8) is 0 Å². The molecular formula is C27H45NO8. The summed E-state index contributed by atoms with van der Waals surface area (Å²) in [5.74, 6) is 10.3. The number of hydrogen-bond donors (Lipinski definition) is 2. The summed E-state index contributed by atoms with van der Waals surface area (Å²) in [5.41, 5.74) is 0. The summed E-state index contributed by atoms with van der Waals surface area (Å²) in [6.07, 6.45) is 7.72. The van der Waals surface area contributed by atoms with E-state index in [-0.39, 0.29) is 32.9 Å². The Labute approximate surface area is 216 Å². The van der Waals surface area contributed by atoms with Crippen LogP contribution in [0.5, 0.6) is 0 Å². The van der Waals surface area contributed by atoms with Crippen molar-refractivity contribution in [3.05, 3.63) is 0 Å². The monoisotopic (exact) mass is 511 g/mol. The Hall–Kier alpha value is -2.75. The second-order valence-electron chi connectivity index (χ2n) is 7.67. The minimum Gasteiger partial charge on any atom is -0.464 e. The third-order valence-electron chi connectivity index (χ3n) is 4.35. The topological polar surface area (TPSA) is 123 Å². The molecule has 0 aromatic carbocycles. The number of carbonyl (C=O) groups is 3. The molecule has 0 rings (SSSR count). The highest BCUT2D eigenvalue weighted by Gasteiger charge is 2.22. The second-order valence-corrected chi connectivity index (χ2v) is 7.67. The van der Waals surface area contributed by atoms with Gasteiger partial charge in [-0.05, 0) is 57.3 Å². The van der Waals surface area contributed by atoms with Crippen molar-refractivity contribution in [3.8, 4) is 23.7 Å². The number of nitrogens with zero attached hydrogens (tertiary/aromatic N) is 1. The number of hydrogen-bond acceptors (Lipinski definition) is 8. The van der Waals surface area contributed by atoms with Gasteiger partial charge in [0.1, 0.15) is 13.1 Å². The van der Waals surface area contributed by atoms with E-state index in [1.54, 1.807) is 6.92 Å². The van der Waals surface area contributed by atoms with Crippen LogP contribution in [0, 0.1) is 23.7 Å². The van der Waals surface area contributed by atoms with E-state index in [0.717, 1.165) is 69.1 Å². The normalized spacial score (nSPS) is 9.36. The van der Waals surface area contributed by atoms with E-state index in [4.69, 9.17) is 24.4 Å². The summed E-state index contributed by atoms with van der Waals surface area (Å²) in [5, 5.41) is 17.0. The zero-order valence-corrected chi connectivity index (χ0v) is 22.3. The van der Waals surface area contributed by atoms with Crippen molar-refractivity contribution in [1.82, 2.24) is 4.90 Å². The zero-order valence-electron chi connectivity index (χ0n) is 22.3. The first kappa shape index (κ1) is 35.4. The van der Waals surface area contributed by atoms with E-state index in [1.807, 2.05) is 13.8 Å². The Morgan fingerprint density at radius 1 is 0.667 bits per heavy atom. The lowest BCUT2D eigenvalue weighted by molar-refractivity contribution is -0.148. The molecule has 0 aliphatic carbocycles. The number of unbranched alkanes of at least 4 members (excludes halogenated alkanes) is 6. The van der Waals surface area contributed by atoms with E-state index in [9.17, 15) is 14.4 Å². The number of aliphatic hydroxyl groups is 2. The summed E-state index contributed by atoms with van der Waals surface area (Å²) >= 11 is 0. The Morgan fingerprint density at radius 2 is 1.11 bits per heavy atom. The first-order chi connectivity index (χ1) is 17.5. The molecule has 206 valence electrons. The highest BCUT2D eigenvalue weighted by molar-refractivity contribution is 5.82. The van der Waals surface area contributed by atoms with Gasteiger partial charge >= 0.3 is 18.0 Å². The molecule has 0 saturated carbocycles. The maximum absolute atomic E-state index is 11.8. The minimum absolute atomic E-state index is 0.158. The van der Waals surface area contributed by atoms with Crippen LogP contribution in [-0.2, 0) is 23.8 Å². The molecule has 0 fully saturated rings. The van der Waals surface area contributed by atoms with Gasteiger partial charge in [-0.1, -0.05) is 38.5 Å². The molecule has 0 aliphatic rings. The SMILES string of the molecule is CCCCOC(=O)CN(CC(=O)OCCCC)C(=O)OCC.OCCCCC#CC#CCCCCO. The fourth-order valence-corrected chi connectivity index (χ4v) is 2.33. The third kappa shape index (κ3) is 25.9. The van der Waals surface area contributed by atoms with Crippen LogP contribution in [0.25, 0.3) is 0 Å². The van der Waals surface area contributed by atoms with Crippen molar-refractivity contribution in [2.45, 2.75) is 85.0 Å². The first-order valence-electron chi connectivity index (χ1n) is 12.9. The first-order valence-corrected chi connectivity index (χ1v) is 12.9. The molecule has 0 spiro atoms. The molecule has 9 heteroatoms. The van der Waals surface area contributed by atoms with Crippen LogP contribution in [0.3, 0.4) is 0 Å². The number of rotatable bonds is 17. The van der Waals surface area contributed by atoms with Gasteiger partial charge in [0.05, 0.1) is 19.8 Å². The van der Waals surface area contributed by atoms with Gasteiger partial charge in [0.2, 0.25) is 0 Å². The predicted molar refractivity (Wildman–Crippen MR) is 138 cm³/mol. The molecular weight excluding hydrogens is 466 g/mol. The largest absolute Gasteiger partial charge is 0.464 e. The number of ether oxygens (including phenoxy) is 3. The molecule has 2 N–H and O–H groups in total. The van der Waals surface area contributed by atoms with Crippen LogP contribution in [-0.4, -0.2) is 79.3 Å². The third-order valence-corrected chi connectivity index (χ3v) is 4.35. The maximum Gasteiger partial charge on any atom is 0.410 e. The van der Waals surface area contributed by atoms with Crippen molar-refractivity contribution in [2.24, 2.45) is 0 Å². The lowest BCUT2D eigenvalue weighted by Gasteiger charge is -2.20. The molecule has 36 heavy (non-hydrogen) atoms. The standard InChI is InChI=1S/C15H27NO6.C12H18O2/c1-4-7-9-21-13(17)11-16(15(19)20-6-3)12-14(18)22-10-8-5-2;13-11-9-7-5-3-1-2-4-6-8-10-12-14/h4-12H2,1-3H3;13-14H,5-12H2. The molecule has 0 atom stereocenters. The average Bonchev–Trinajstić information content (AvgIpc) is 2.85. The van der Waals surface area contributed by atoms with E-state index >= 15 is 0 Å². The molecule has 0 saturated heterocycles. The van der Waals surface area contributed by atoms with E-state index in [2.05, 4.69) is 23.7 Å². The summed E-state index contributed by atoms with van der Waals surface area (Å²) < 4.78 is 14.8. The number of amides is 1. The van der Waals surface area contributed by atoms with Crippen LogP contribution in [0.15, 0.2) is 0 Å². The van der Waals surface area contributed by atoms with E-state index in [1.165, 1.54) is 0 Å². The van der Waals surface area contributed by atoms with Crippen LogP contribution in [0.2, 0.25) is 0 Å². The quantitative estimate of drug-likeness (QED) is 0.132. The second kappa shape index (κ2) is 28.5. The van der Waals surface area contributed by atoms with Crippen molar-refractivity contribution < 1.29 is 38.8 Å². The smallest absolute Gasteiger partial charge is 0.410 e. The molecule has 9 nitrogen and oxygen atoms in total. The number of aliphatic hydroxyl groups excluding tert-OH is 2. The van der Waals surface area contributed by atoms with Gasteiger partial charge in [-0.15, -0.1) is 0 Å². The van der Waals surface area contributed by atoms with Gasteiger partial charge in [0, 0.05) is 26.1 Å². The molecule has 0 radical (unpaired) electrons. The molecule has 1 amide bonds. The number of carbonyl (C=O) groups excluding carboxylic acids is 3. The van der Waals surface area contributed by atoms with Crippen molar-refractivity contribution in [1.29, 1.82) is 0 Å². The highest BCUT2D eigenvalue weighted by Crippen LogP contribution is 1.99. The zero-order chi connectivity index (χ0) is 27.3. The summed E-state index contributed by atoms with van der Waals surface area (Å²) in [4.78, 5) is 36.1. The number of esters is 2. The summed E-state index contributed by atoms with van der Waals surface area (Å²) in [6.45, 7) is 6.19. The van der Waals surface area contributed by atoms with E-state index in [0.29, 0.717) is 13.2 Å². The average molecular weight is 512 g/mol. The van der Waals surface area contributed by atoms with Crippen LogP contribution in [0.1, 0.15) is 85.0 Å². The molecule has 0 heterocycles. The maximum atomic E-state index is 11.8. The van der Waals surface area contributed by atoms with Gasteiger partial charge in [0.25, 0.3) is 0 Å². The summed E-state index contributed by atoms with van der Waals surface area (Å²) in [6, 6.07) is 0. The molecule has 0 bridgehead atoms. The lowest BCUT2D eigenvalue weighted by atomic mass is 10.2. The fourth-order valence-electron chi connectivity index (χ4n) is 2.33. The van der Waals surface area contributed by atoms with Gasteiger partial charge in [-0.3, -0.25) is 14.5 Å². The Kier molecular flexibility index (Phi) is 28.0. The van der Waals surface area contributed by atoms with Gasteiger partial charge in [-0.2, -0.15) is 0 Å². The Balaban J connectivity index is 0. The summed E-state index contributed by atoms with van der Waals surface area (Å²) in [7, 11) is 0. The van der Waals surface area contributed by atoms with Crippen LogP contribution in [0.4, 0.5) is 4.79 Å². The fraction of sp³-hybridized carbons (Fsp3) is 0.741. The highest BCUT2D eigenvalue weighted by atomic mass is 16.6. The van der Waals surface area contributed by atoms with Crippen LogP contribution >= 0.6 is 0 Å². The molecule has 0 unspecified atom stereocenters. The van der Waals surface area contributed by atoms with Gasteiger partial charge < -0.3 is 24.4 Å².